The quantitative estimate of drug-likeness (QED) is 0.939. The van der Waals surface area contributed by atoms with Crippen LogP contribution in [0.3, 0.4) is 0 Å². The molecule has 1 amide bonds. The van der Waals surface area contributed by atoms with E-state index in [1.54, 1.807) is 0 Å². The highest BCUT2D eigenvalue weighted by atomic mass is 16.5. The summed E-state index contributed by atoms with van der Waals surface area (Å²) in [6.07, 6.45) is 2.06. The van der Waals surface area contributed by atoms with Gasteiger partial charge in [0.05, 0.1) is 12.5 Å². The first-order chi connectivity index (χ1) is 11.1. The van der Waals surface area contributed by atoms with E-state index in [-0.39, 0.29) is 11.8 Å². The molecule has 1 aromatic carbocycles. The van der Waals surface area contributed by atoms with Gasteiger partial charge in [0.25, 0.3) is 0 Å². The lowest BCUT2D eigenvalue weighted by Gasteiger charge is -2.30. The molecule has 0 spiro atoms. The summed E-state index contributed by atoms with van der Waals surface area (Å²) < 4.78 is 5.28. The Kier molecular flexibility index (Phi) is 4.71. The number of carbonyl (C=O) groups excluding carboxylic acids is 1. The molecule has 0 aliphatic carbocycles. The van der Waals surface area contributed by atoms with Gasteiger partial charge >= 0.3 is 0 Å². The summed E-state index contributed by atoms with van der Waals surface area (Å²) in [5.41, 5.74) is 1.98. The SMILES string of the molecule is Cc1cccc(NC(=O)CN2CCCC(c3nc(C)no3)C2)c1. The standard InChI is InChI=1S/C17H22N4O2/c1-12-5-3-7-15(9-12)19-16(22)11-21-8-4-6-14(10-21)17-18-13(2)20-23-17/h3,5,7,9,14H,4,6,8,10-11H2,1-2H3,(H,19,22). The molecule has 6 nitrogen and oxygen atoms in total. The van der Waals surface area contributed by atoms with Crippen molar-refractivity contribution in [3.05, 3.63) is 41.5 Å². The first kappa shape index (κ1) is 15.7. The van der Waals surface area contributed by atoms with Gasteiger partial charge in [-0.05, 0) is 50.9 Å². The number of anilines is 1. The van der Waals surface area contributed by atoms with Crippen molar-refractivity contribution in [1.82, 2.24) is 15.0 Å². The van der Waals surface area contributed by atoms with Crippen molar-refractivity contribution in [2.24, 2.45) is 0 Å². The van der Waals surface area contributed by atoms with Crippen LogP contribution >= 0.6 is 0 Å². The molecule has 1 saturated heterocycles. The van der Waals surface area contributed by atoms with Crippen molar-refractivity contribution in [3.8, 4) is 0 Å². The van der Waals surface area contributed by atoms with Crippen LogP contribution in [0.25, 0.3) is 0 Å². The number of nitrogens with one attached hydrogen (secondary N) is 1. The van der Waals surface area contributed by atoms with E-state index in [1.807, 2.05) is 38.1 Å². The summed E-state index contributed by atoms with van der Waals surface area (Å²) in [7, 11) is 0. The molecular weight excluding hydrogens is 292 g/mol. The number of rotatable bonds is 4. The number of hydrogen-bond donors (Lipinski definition) is 1. The Hall–Kier alpha value is -2.21. The van der Waals surface area contributed by atoms with Crippen molar-refractivity contribution in [2.45, 2.75) is 32.6 Å². The molecule has 122 valence electrons. The molecule has 1 unspecified atom stereocenters. The number of hydrogen-bond acceptors (Lipinski definition) is 5. The van der Waals surface area contributed by atoms with E-state index in [1.165, 1.54) is 0 Å². The van der Waals surface area contributed by atoms with Crippen LogP contribution in [0.4, 0.5) is 5.69 Å². The van der Waals surface area contributed by atoms with Crippen LogP contribution in [-0.2, 0) is 4.79 Å². The first-order valence-electron chi connectivity index (χ1n) is 7.99. The molecule has 2 heterocycles. The molecule has 1 aliphatic rings. The fourth-order valence-electron chi connectivity index (χ4n) is 3.01. The largest absolute Gasteiger partial charge is 0.339 e. The molecule has 1 aromatic heterocycles. The van der Waals surface area contributed by atoms with Crippen molar-refractivity contribution < 1.29 is 9.32 Å². The van der Waals surface area contributed by atoms with Crippen LogP contribution in [0.1, 0.15) is 36.0 Å². The molecule has 0 radical (unpaired) electrons. The number of carbonyl (C=O) groups is 1. The number of piperidine rings is 1. The predicted octanol–water partition coefficient (Wildman–Crippen LogP) is 2.50. The summed E-state index contributed by atoms with van der Waals surface area (Å²) in [5.74, 6) is 1.58. The Bertz CT molecular complexity index is 683. The van der Waals surface area contributed by atoms with Crippen LogP contribution < -0.4 is 5.32 Å². The van der Waals surface area contributed by atoms with E-state index < -0.39 is 0 Å². The highest BCUT2D eigenvalue weighted by molar-refractivity contribution is 5.92. The summed E-state index contributed by atoms with van der Waals surface area (Å²) in [6.45, 7) is 5.92. The van der Waals surface area contributed by atoms with Crippen molar-refractivity contribution in [2.75, 3.05) is 25.0 Å². The molecule has 3 rings (SSSR count). The summed E-state index contributed by atoms with van der Waals surface area (Å²) >= 11 is 0. The molecule has 0 saturated carbocycles. The Morgan fingerprint density at radius 2 is 2.30 bits per heavy atom. The number of likely N-dealkylation sites (tertiary alicyclic amines) is 1. The normalized spacial score (nSPS) is 18.8. The van der Waals surface area contributed by atoms with Gasteiger partial charge in [-0.2, -0.15) is 4.98 Å². The maximum absolute atomic E-state index is 12.2. The van der Waals surface area contributed by atoms with Gasteiger partial charge in [0.2, 0.25) is 11.8 Å². The minimum atomic E-state index is 0.0120. The van der Waals surface area contributed by atoms with Crippen molar-refractivity contribution >= 4 is 11.6 Å². The van der Waals surface area contributed by atoms with Gasteiger partial charge in [-0.15, -0.1) is 0 Å². The van der Waals surface area contributed by atoms with E-state index in [4.69, 9.17) is 4.52 Å². The molecule has 2 aromatic rings. The molecule has 23 heavy (non-hydrogen) atoms. The van der Waals surface area contributed by atoms with Gasteiger partial charge in [0.15, 0.2) is 5.82 Å². The number of benzene rings is 1. The average Bonchev–Trinajstić information content (AvgIpc) is 2.94. The number of nitrogens with zero attached hydrogens (tertiary/aromatic N) is 3. The lowest BCUT2D eigenvalue weighted by atomic mass is 9.98. The van der Waals surface area contributed by atoms with Gasteiger partial charge in [0.1, 0.15) is 0 Å². The summed E-state index contributed by atoms with van der Waals surface area (Å²) in [4.78, 5) is 18.7. The van der Waals surface area contributed by atoms with E-state index in [2.05, 4.69) is 20.4 Å². The van der Waals surface area contributed by atoms with Crippen molar-refractivity contribution in [3.63, 3.8) is 0 Å². The molecule has 1 N–H and O–H groups in total. The third-order valence-electron chi connectivity index (χ3n) is 4.07. The Morgan fingerprint density at radius 1 is 1.43 bits per heavy atom. The number of aryl methyl sites for hydroxylation is 2. The third-order valence-corrected chi connectivity index (χ3v) is 4.07. The average molecular weight is 314 g/mol. The Morgan fingerprint density at radius 3 is 3.04 bits per heavy atom. The maximum Gasteiger partial charge on any atom is 0.238 e. The summed E-state index contributed by atoms with van der Waals surface area (Å²) in [5, 5.41) is 6.81. The zero-order valence-electron chi connectivity index (χ0n) is 13.6. The zero-order valence-corrected chi connectivity index (χ0v) is 13.6. The molecule has 6 heteroatoms. The van der Waals surface area contributed by atoms with E-state index in [0.29, 0.717) is 18.3 Å². The van der Waals surface area contributed by atoms with E-state index >= 15 is 0 Å². The van der Waals surface area contributed by atoms with Crippen LogP contribution in [0.15, 0.2) is 28.8 Å². The molecule has 0 bridgehead atoms. The lowest BCUT2D eigenvalue weighted by Crippen LogP contribution is -2.39. The second-order valence-electron chi connectivity index (χ2n) is 6.17. The second-order valence-corrected chi connectivity index (χ2v) is 6.17. The van der Waals surface area contributed by atoms with E-state index in [9.17, 15) is 4.79 Å². The minimum Gasteiger partial charge on any atom is -0.339 e. The maximum atomic E-state index is 12.2. The molecular formula is C17H22N4O2. The number of aromatic nitrogens is 2. The zero-order chi connectivity index (χ0) is 16.2. The molecule has 1 aliphatic heterocycles. The highest BCUT2D eigenvalue weighted by Gasteiger charge is 2.26. The van der Waals surface area contributed by atoms with E-state index in [0.717, 1.165) is 37.2 Å². The molecule has 1 fully saturated rings. The predicted molar refractivity (Wildman–Crippen MR) is 87.3 cm³/mol. The molecule has 1 atom stereocenters. The van der Waals surface area contributed by atoms with Crippen LogP contribution in [-0.4, -0.2) is 40.6 Å². The first-order valence-corrected chi connectivity index (χ1v) is 7.99. The van der Waals surface area contributed by atoms with Crippen LogP contribution in [0.2, 0.25) is 0 Å². The van der Waals surface area contributed by atoms with Gasteiger partial charge in [0, 0.05) is 12.2 Å². The second kappa shape index (κ2) is 6.91. The summed E-state index contributed by atoms with van der Waals surface area (Å²) in [6, 6.07) is 7.83. The van der Waals surface area contributed by atoms with Gasteiger partial charge in [-0.3, -0.25) is 9.69 Å². The fourth-order valence-corrected chi connectivity index (χ4v) is 3.01. The smallest absolute Gasteiger partial charge is 0.238 e. The lowest BCUT2D eigenvalue weighted by molar-refractivity contribution is -0.117. The van der Waals surface area contributed by atoms with Gasteiger partial charge < -0.3 is 9.84 Å². The number of amides is 1. The fraction of sp³-hybridized carbons (Fsp3) is 0.471. The topological polar surface area (TPSA) is 71.3 Å². The van der Waals surface area contributed by atoms with Crippen molar-refractivity contribution in [1.29, 1.82) is 0 Å². The Labute approximate surface area is 135 Å². The van der Waals surface area contributed by atoms with Gasteiger partial charge in [-0.1, -0.05) is 17.3 Å². The van der Waals surface area contributed by atoms with Crippen LogP contribution in [0, 0.1) is 13.8 Å². The minimum absolute atomic E-state index is 0.0120. The highest BCUT2D eigenvalue weighted by Crippen LogP contribution is 2.25. The van der Waals surface area contributed by atoms with Gasteiger partial charge in [-0.25, -0.2) is 0 Å². The van der Waals surface area contributed by atoms with Crippen LogP contribution in [0.5, 0.6) is 0 Å². The third kappa shape index (κ3) is 4.16. The monoisotopic (exact) mass is 314 g/mol. The Balaban J connectivity index is 1.56.